The van der Waals surface area contributed by atoms with E-state index in [0.717, 1.165) is 6.67 Å². The van der Waals surface area contributed by atoms with E-state index in [2.05, 4.69) is 51.3 Å². The van der Waals surface area contributed by atoms with Crippen molar-refractivity contribution in [1.29, 1.82) is 0 Å². The highest BCUT2D eigenvalue weighted by Crippen LogP contribution is 2.21. The van der Waals surface area contributed by atoms with E-state index in [-0.39, 0.29) is 0 Å². The Labute approximate surface area is 102 Å². The highest BCUT2D eigenvalue weighted by Gasteiger charge is 2.24. The molecule has 0 bridgehead atoms. The van der Waals surface area contributed by atoms with Crippen molar-refractivity contribution in [3.8, 4) is 0 Å². The number of nitrogens with zero attached hydrogens (tertiary/aromatic N) is 2. The lowest BCUT2D eigenvalue weighted by Crippen LogP contribution is -2.49. The van der Waals surface area contributed by atoms with Crippen molar-refractivity contribution in [3.05, 3.63) is 0 Å². The molecule has 96 valence electrons. The Balaban J connectivity index is 2.41. The fourth-order valence-electron chi connectivity index (χ4n) is 2.54. The number of rotatable bonds is 2. The van der Waals surface area contributed by atoms with E-state index in [9.17, 15) is 0 Å². The van der Waals surface area contributed by atoms with Crippen molar-refractivity contribution in [2.45, 2.75) is 48.0 Å². The largest absolute Gasteiger partial charge is 0.290 e. The average molecular weight is 226 g/mol. The Morgan fingerprint density at radius 2 is 1.12 bits per heavy atom. The molecular formula is C14H30N2. The molecule has 0 saturated carbocycles. The first kappa shape index (κ1) is 14.0. The first-order valence-corrected chi connectivity index (χ1v) is 6.60. The van der Waals surface area contributed by atoms with Crippen LogP contribution in [0.2, 0.25) is 0 Å². The molecule has 0 aliphatic carbocycles. The summed E-state index contributed by atoms with van der Waals surface area (Å²) in [4.78, 5) is 5.21. The molecule has 1 fully saturated rings. The summed E-state index contributed by atoms with van der Waals surface area (Å²) in [6.45, 7) is 20.1. The maximum absolute atomic E-state index is 2.61. The molecule has 1 rings (SSSR count). The normalized spacial score (nSPS) is 21.4. The lowest BCUT2D eigenvalue weighted by Gasteiger charge is -2.41. The second kappa shape index (κ2) is 5.05. The molecule has 0 amide bonds. The Bertz CT molecular complexity index is 188. The Hall–Kier alpha value is -0.0800. The quantitative estimate of drug-likeness (QED) is 0.714. The maximum atomic E-state index is 2.61. The van der Waals surface area contributed by atoms with E-state index in [1.54, 1.807) is 0 Å². The van der Waals surface area contributed by atoms with Gasteiger partial charge in [0.15, 0.2) is 0 Å². The fraction of sp³-hybridized carbons (Fsp3) is 1.00. The molecule has 16 heavy (non-hydrogen) atoms. The van der Waals surface area contributed by atoms with E-state index >= 15 is 0 Å². The fourth-order valence-corrected chi connectivity index (χ4v) is 2.54. The molecule has 1 aliphatic rings. The van der Waals surface area contributed by atoms with Crippen LogP contribution in [0.1, 0.15) is 48.0 Å². The van der Waals surface area contributed by atoms with Gasteiger partial charge in [0.2, 0.25) is 0 Å². The van der Waals surface area contributed by atoms with Crippen molar-refractivity contribution >= 4 is 0 Å². The van der Waals surface area contributed by atoms with Crippen molar-refractivity contribution in [1.82, 2.24) is 9.80 Å². The van der Waals surface area contributed by atoms with Gasteiger partial charge in [-0.2, -0.15) is 0 Å². The molecule has 1 heterocycles. The zero-order valence-electron chi connectivity index (χ0n) is 12.1. The van der Waals surface area contributed by atoms with Crippen molar-refractivity contribution in [2.75, 3.05) is 32.8 Å². The van der Waals surface area contributed by atoms with Crippen molar-refractivity contribution in [3.63, 3.8) is 0 Å². The standard InChI is InChI=1S/C14H30N2/c1-13(2,3)10-15-8-7-9-16(12-15)11-14(4,5)6/h7-12H2,1-6H3. The van der Waals surface area contributed by atoms with Gasteiger partial charge in [0.25, 0.3) is 0 Å². The predicted molar refractivity (Wildman–Crippen MR) is 71.5 cm³/mol. The molecule has 2 heteroatoms. The van der Waals surface area contributed by atoms with Gasteiger partial charge in [-0.15, -0.1) is 0 Å². The predicted octanol–water partition coefficient (Wildman–Crippen LogP) is 3.04. The topological polar surface area (TPSA) is 6.48 Å². The smallest absolute Gasteiger partial charge is 0.0506 e. The lowest BCUT2D eigenvalue weighted by molar-refractivity contribution is 0.0408. The van der Waals surface area contributed by atoms with Crippen LogP contribution in [0.4, 0.5) is 0 Å². The van der Waals surface area contributed by atoms with Crippen molar-refractivity contribution < 1.29 is 0 Å². The Morgan fingerprint density at radius 1 is 0.750 bits per heavy atom. The second-order valence-corrected chi connectivity index (χ2v) is 7.72. The second-order valence-electron chi connectivity index (χ2n) is 7.72. The van der Waals surface area contributed by atoms with Gasteiger partial charge >= 0.3 is 0 Å². The summed E-state index contributed by atoms with van der Waals surface area (Å²) < 4.78 is 0. The lowest BCUT2D eigenvalue weighted by atomic mass is 9.94. The molecule has 0 aromatic carbocycles. The minimum absolute atomic E-state index is 0.421. The van der Waals surface area contributed by atoms with E-state index in [0.29, 0.717) is 10.8 Å². The Morgan fingerprint density at radius 3 is 1.44 bits per heavy atom. The van der Waals surface area contributed by atoms with Crippen LogP contribution in [0.15, 0.2) is 0 Å². The van der Waals surface area contributed by atoms with Crippen LogP contribution in [-0.2, 0) is 0 Å². The van der Waals surface area contributed by atoms with Crippen LogP contribution < -0.4 is 0 Å². The van der Waals surface area contributed by atoms with Crippen LogP contribution in [-0.4, -0.2) is 42.6 Å². The first-order chi connectivity index (χ1) is 7.16. The molecule has 0 radical (unpaired) electrons. The minimum Gasteiger partial charge on any atom is -0.290 e. The summed E-state index contributed by atoms with van der Waals surface area (Å²) in [5, 5.41) is 0. The number of hydrogen-bond acceptors (Lipinski definition) is 2. The van der Waals surface area contributed by atoms with Gasteiger partial charge < -0.3 is 0 Å². The van der Waals surface area contributed by atoms with Crippen LogP contribution in [0.25, 0.3) is 0 Å². The molecule has 0 unspecified atom stereocenters. The molecular weight excluding hydrogens is 196 g/mol. The average Bonchev–Trinajstić information content (AvgIpc) is 1.96. The summed E-state index contributed by atoms with van der Waals surface area (Å²) >= 11 is 0. The van der Waals surface area contributed by atoms with Crippen LogP contribution >= 0.6 is 0 Å². The first-order valence-electron chi connectivity index (χ1n) is 6.60. The van der Waals surface area contributed by atoms with E-state index in [4.69, 9.17) is 0 Å². The molecule has 0 aromatic heterocycles. The van der Waals surface area contributed by atoms with Crippen LogP contribution in [0.5, 0.6) is 0 Å². The van der Waals surface area contributed by atoms with E-state index in [1.165, 1.54) is 32.6 Å². The van der Waals surface area contributed by atoms with Gasteiger partial charge in [-0.05, 0) is 17.3 Å². The van der Waals surface area contributed by atoms with Gasteiger partial charge in [0.1, 0.15) is 0 Å². The van der Waals surface area contributed by atoms with Gasteiger partial charge in [-0.25, -0.2) is 0 Å². The number of hydrogen-bond donors (Lipinski definition) is 0. The molecule has 1 aliphatic heterocycles. The van der Waals surface area contributed by atoms with Crippen LogP contribution in [0, 0.1) is 10.8 Å². The van der Waals surface area contributed by atoms with E-state index < -0.39 is 0 Å². The molecule has 1 saturated heterocycles. The third kappa shape index (κ3) is 5.86. The zero-order valence-corrected chi connectivity index (χ0v) is 12.1. The highest BCUT2D eigenvalue weighted by atomic mass is 15.3. The zero-order chi connectivity index (χ0) is 12.4. The minimum atomic E-state index is 0.421. The van der Waals surface area contributed by atoms with Gasteiger partial charge in [0, 0.05) is 26.2 Å². The van der Waals surface area contributed by atoms with E-state index in [1.807, 2.05) is 0 Å². The summed E-state index contributed by atoms with van der Waals surface area (Å²) in [5.41, 5.74) is 0.843. The molecule has 0 atom stereocenters. The Kier molecular flexibility index (Phi) is 4.42. The highest BCUT2D eigenvalue weighted by molar-refractivity contribution is 4.76. The SMILES string of the molecule is CC(C)(C)CN1CCCN(CC(C)(C)C)C1. The monoisotopic (exact) mass is 226 g/mol. The maximum Gasteiger partial charge on any atom is 0.0506 e. The van der Waals surface area contributed by atoms with Gasteiger partial charge in [-0.1, -0.05) is 41.5 Å². The van der Waals surface area contributed by atoms with Crippen molar-refractivity contribution in [2.24, 2.45) is 10.8 Å². The molecule has 0 aromatic rings. The third-order valence-corrected chi connectivity index (χ3v) is 2.74. The van der Waals surface area contributed by atoms with Crippen LogP contribution in [0.3, 0.4) is 0 Å². The molecule has 0 spiro atoms. The molecule has 2 nitrogen and oxygen atoms in total. The third-order valence-electron chi connectivity index (χ3n) is 2.74. The summed E-state index contributed by atoms with van der Waals surface area (Å²) in [7, 11) is 0. The van der Waals surface area contributed by atoms with Gasteiger partial charge in [-0.3, -0.25) is 9.80 Å². The summed E-state index contributed by atoms with van der Waals surface area (Å²) in [6, 6.07) is 0. The summed E-state index contributed by atoms with van der Waals surface area (Å²) in [6.07, 6.45) is 1.33. The summed E-state index contributed by atoms with van der Waals surface area (Å²) in [5.74, 6) is 0. The van der Waals surface area contributed by atoms with Gasteiger partial charge in [0.05, 0.1) is 6.67 Å². The molecule has 0 N–H and O–H groups in total.